The van der Waals surface area contributed by atoms with Gasteiger partial charge >= 0.3 is 6.16 Å². The third-order valence-electron chi connectivity index (χ3n) is 1.45. The second kappa shape index (κ2) is 3.99. The van der Waals surface area contributed by atoms with Gasteiger partial charge in [-0.2, -0.15) is 0 Å². The van der Waals surface area contributed by atoms with E-state index in [2.05, 4.69) is 4.74 Å². The van der Waals surface area contributed by atoms with Crippen LogP contribution < -0.4 is 0 Å². The number of benzene rings is 1. The lowest BCUT2D eigenvalue weighted by atomic mass is 10.2. The quantitative estimate of drug-likeness (QED) is 0.755. The number of halogens is 3. The van der Waals surface area contributed by atoms with E-state index >= 15 is 0 Å². The van der Waals surface area contributed by atoms with E-state index in [1.165, 1.54) is 0 Å². The molecule has 0 aromatic heterocycles. The van der Waals surface area contributed by atoms with Crippen LogP contribution in [0.25, 0.3) is 0 Å². The highest BCUT2D eigenvalue weighted by Gasteiger charge is 2.12. The Morgan fingerprint density at radius 3 is 2.21 bits per heavy atom. The van der Waals surface area contributed by atoms with E-state index in [1.807, 2.05) is 0 Å². The van der Waals surface area contributed by atoms with E-state index in [1.54, 1.807) is 0 Å². The van der Waals surface area contributed by atoms with Crippen LogP contribution in [0, 0.1) is 17.5 Å². The molecule has 0 bridgehead atoms. The van der Waals surface area contributed by atoms with Gasteiger partial charge in [0.1, 0.15) is 24.1 Å². The topological polar surface area (TPSA) is 46.5 Å². The molecule has 3 nitrogen and oxygen atoms in total. The van der Waals surface area contributed by atoms with Crippen molar-refractivity contribution in [1.29, 1.82) is 0 Å². The second-order valence-corrected chi connectivity index (χ2v) is 2.40. The fourth-order valence-corrected chi connectivity index (χ4v) is 0.844. The lowest BCUT2D eigenvalue weighted by molar-refractivity contribution is 0.0835. The fourth-order valence-electron chi connectivity index (χ4n) is 0.844. The molecule has 1 rings (SSSR count). The van der Waals surface area contributed by atoms with Crippen LogP contribution in [0.2, 0.25) is 0 Å². The number of hydrogen-bond acceptors (Lipinski definition) is 2. The number of carboxylic acid groups (broad SMARTS) is 1. The van der Waals surface area contributed by atoms with Crippen LogP contribution in [-0.2, 0) is 11.3 Å². The average molecular weight is 206 g/mol. The van der Waals surface area contributed by atoms with Gasteiger partial charge in [0.2, 0.25) is 0 Å². The van der Waals surface area contributed by atoms with Crippen LogP contribution in [0.15, 0.2) is 12.1 Å². The summed E-state index contributed by atoms with van der Waals surface area (Å²) in [7, 11) is 0. The molecule has 0 radical (unpaired) electrons. The predicted octanol–water partition coefficient (Wildman–Crippen LogP) is 2.30. The van der Waals surface area contributed by atoms with Gasteiger partial charge in [-0.05, 0) is 0 Å². The van der Waals surface area contributed by atoms with E-state index < -0.39 is 35.8 Å². The van der Waals surface area contributed by atoms with Crippen LogP contribution in [0.4, 0.5) is 18.0 Å². The maximum absolute atomic E-state index is 12.8. The van der Waals surface area contributed by atoms with Crippen LogP contribution in [0.5, 0.6) is 0 Å². The standard InChI is InChI=1S/C8H5F3O3/c9-4-1-6(10)5(7(11)2-4)3-14-8(12)13/h1-2H,3H2,(H,12,13). The summed E-state index contributed by atoms with van der Waals surface area (Å²) in [4.78, 5) is 9.92. The van der Waals surface area contributed by atoms with Crippen molar-refractivity contribution < 1.29 is 27.8 Å². The Kier molecular flexibility index (Phi) is 2.95. The average Bonchev–Trinajstić information content (AvgIpc) is 2.01. The molecule has 0 amide bonds. The summed E-state index contributed by atoms with van der Waals surface area (Å²) in [5, 5.41) is 8.07. The third kappa shape index (κ3) is 2.38. The molecule has 6 heteroatoms. The van der Waals surface area contributed by atoms with E-state index in [0.29, 0.717) is 12.1 Å². The summed E-state index contributed by atoms with van der Waals surface area (Å²) in [6, 6.07) is 0.896. The molecule has 0 saturated heterocycles. The van der Waals surface area contributed by atoms with Gasteiger partial charge in [-0.15, -0.1) is 0 Å². The van der Waals surface area contributed by atoms with E-state index in [0.717, 1.165) is 0 Å². The third-order valence-corrected chi connectivity index (χ3v) is 1.45. The first-order valence-electron chi connectivity index (χ1n) is 3.50. The molecular formula is C8H5F3O3. The van der Waals surface area contributed by atoms with E-state index in [-0.39, 0.29) is 0 Å². The second-order valence-electron chi connectivity index (χ2n) is 2.40. The first kappa shape index (κ1) is 10.4. The van der Waals surface area contributed by atoms with Gasteiger partial charge in [-0.3, -0.25) is 0 Å². The Bertz CT molecular complexity index is 342. The van der Waals surface area contributed by atoms with Crippen LogP contribution in [0.1, 0.15) is 5.56 Å². The highest BCUT2D eigenvalue weighted by Crippen LogP contribution is 2.15. The van der Waals surface area contributed by atoms with Crippen molar-refractivity contribution >= 4 is 6.16 Å². The molecule has 76 valence electrons. The van der Waals surface area contributed by atoms with Crippen molar-refractivity contribution in [2.24, 2.45) is 0 Å². The van der Waals surface area contributed by atoms with E-state index in [4.69, 9.17) is 5.11 Å². The summed E-state index contributed by atoms with van der Waals surface area (Å²) >= 11 is 0. The SMILES string of the molecule is O=C(O)OCc1c(F)cc(F)cc1F. The molecule has 0 atom stereocenters. The molecule has 0 heterocycles. The maximum atomic E-state index is 12.8. The van der Waals surface area contributed by atoms with Gasteiger partial charge in [-0.1, -0.05) is 0 Å². The first-order valence-corrected chi connectivity index (χ1v) is 3.50. The lowest BCUT2D eigenvalue weighted by Gasteiger charge is -2.03. The van der Waals surface area contributed by atoms with Gasteiger partial charge in [0.05, 0.1) is 5.56 Å². The monoisotopic (exact) mass is 206 g/mol. The normalized spacial score (nSPS) is 9.93. The molecule has 14 heavy (non-hydrogen) atoms. The molecular weight excluding hydrogens is 201 g/mol. The molecule has 1 N–H and O–H groups in total. The Morgan fingerprint density at radius 2 is 1.79 bits per heavy atom. The largest absolute Gasteiger partial charge is 0.506 e. The summed E-state index contributed by atoms with van der Waals surface area (Å²) in [5.41, 5.74) is -0.617. The van der Waals surface area contributed by atoms with Crippen molar-refractivity contribution in [3.63, 3.8) is 0 Å². The Labute approximate surface area is 76.7 Å². The number of rotatable bonds is 2. The highest BCUT2D eigenvalue weighted by atomic mass is 19.1. The van der Waals surface area contributed by atoms with Gasteiger partial charge in [0.15, 0.2) is 0 Å². The van der Waals surface area contributed by atoms with Gasteiger partial charge < -0.3 is 9.84 Å². The van der Waals surface area contributed by atoms with Crippen molar-refractivity contribution in [3.05, 3.63) is 35.1 Å². The summed E-state index contributed by atoms with van der Waals surface area (Å²) in [6.45, 7) is -0.784. The van der Waals surface area contributed by atoms with Crippen molar-refractivity contribution in [2.75, 3.05) is 0 Å². The van der Waals surface area contributed by atoms with E-state index in [9.17, 15) is 18.0 Å². The molecule has 0 fully saturated rings. The Balaban J connectivity index is 2.91. The minimum Gasteiger partial charge on any atom is -0.450 e. The zero-order valence-corrected chi connectivity index (χ0v) is 6.76. The van der Waals surface area contributed by atoms with Gasteiger partial charge in [0, 0.05) is 12.1 Å². The number of ether oxygens (including phenoxy) is 1. The highest BCUT2D eigenvalue weighted by molar-refractivity contribution is 5.56. The van der Waals surface area contributed by atoms with Crippen molar-refractivity contribution in [2.45, 2.75) is 6.61 Å². The number of carbonyl (C=O) groups is 1. The molecule has 0 saturated carbocycles. The van der Waals surface area contributed by atoms with Crippen molar-refractivity contribution in [3.8, 4) is 0 Å². The Morgan fingerprint density at radius 1 is 1.29 bits per heavy atom. The van der Waals surface area contributed by atoms with Gasteiger partial charge in [-0.25, -0.2) is 18.0 Å². The molecule has 0 unspecified atom stereocenters. The molecule has 0 spiro atoms. The smallest absolute Gasteiger partial charge is 0.450 e. The minimum absolute atomic E-state index is 0.448. The van der Waals surface area contributed by atoms with Gasteiger partial charge in [0.25, 0.3) is 0 Å². The summed E-state index contributed by atoms with van der Waals surface area (Å²) in [6.07, 6.45) is -1.66. The molecule has 0 aliphatic carbocycles. The molecule has 1 aromatic carbocycles. The first-order chi connectivity index (χ1) is 6.50. The predicted molar refractivity (Wildman–Crippen MR) is 39.1 cm³/mol. The minimum atomic E-state index is -1.66. The lowest BCUT2D eigenvalue weighted by Crippen LogP contribution is -2.04. The summed E-state index contributed by atoms with van der Waals surface area (Å²) < 4.78 is 41.9. The summed E-state index contributed by atoms with van der Waals surface area (Å²) in [5.74, 6) is -3.42. The molecule has 1 aromatic rings. The zero-order chi connectivity index (χ0) is 10.7. The molecule has 0 aliphatic rings. The number of hydrogen-bond donors (Lipinski definition) is 1. The maximum Gasteiger partial charge on any atom is 0.506 e. The zero-order valence-electron chi connectivity index (χ0n) is 6.76. The Hall–Kier alpha value is -1.72. The molecule has 0 aliphatic heterocycles. The van der Waals surface area contributed by atoms with Crippen LogP contribution in [-0.4, -0.2) is 11.3 Å². The van der Waals surface area contributed by atoms with Crippen LogP contribution >= 0.6 is 0 Å². The van der Waals surface area contributed by atoms with Crippen molar-refractivity contribution in [1.82, 2.24) is 0 Å². The van der Waals surface area contributed by atoms with Crippen LogP contribution in [0.3, 0.4) is 0 Å². The fraction of sp³-hybridized carbons (Fsp3) is 0.125.